The van der Waals surface area contributed by atoms with Gasteiger partial charge in [0.05, 0.1) is 29.2 Å². The highest BCUT2D eigenvalue weighted by Crippen LogP contribution is 2.34. The molecule has 0 radical (unpaired) electrons. The molecule has 3 aromatic rings. The zero-order valence-electron chi connectivity index (χ0n) is 19.7. The number of esters is 1. The third-order valence-corrected chi connectivity index (χ3v) is 8.06. The zero-order chi connectivity index (χ0) is 25.3. The highest BCUT2D eigenvalue weighted by atomic mass is 32.2. The lowest BCUT2D eigenvalue weighted by Crippen LogP contribution is -2.38. The van der Waals surface area contributed by atoms with E-state index in [0.29, 0.717) is 48.6 Å². The van der Waals surface area contributed by atoms with E-state index in [2.05, 4.69) is 4.98 Å². The largest absolute Gasteiger partial charge is 0.486 e. The van der Waals surface area contributed by atoms with Crippen LogP contribution in [0, 0.1) is 0 Å². The Morgan fingerprint density at radius 3 is 2.61 bits per heavy atom. The third-order valence-electron chi connectivity index (χ3n) is 6.25. The molecule has 1 unspecified atom stereocenters. The summed E-state index contributed by atoms with van der Waals surface area (Å²) in [7, 11) is -2.86. The lowest BCUT2D eigenvalue weighted by Gasteiger charge is -2.25. The lowest BCUT2D eigenvalue weighted by atomic mass is 10.1. The number of rotatable bonds is 7. The van der Waals surface area contributed by atoms with Crippen LogP contribution in [0.5, 0.6) is 11.5 Å². The molecule has 1 saturated heterocycles. The van der Waals surface area contributed by atoms with Gasteiger partial charge in [0.15, 0.2) is 11.5 Å². The van der Waals surface area contributed by atoms with Gasteiger partial charge in [-0.05, 0) is 43.2 Å². The molecule has 2 aromatic carbocycles. The van der Waals surface area contributed by atoms with Gasteiger partial charge >= 0.3 is 5.97 Å². The van der Waals surface area contributed by atoms with Crippen LogP contribution in [0.3, 0.4) is 0 Å². The summed E-state index contributed by atoms with van der Waals surface area (Å²) in [5.74, 6) is 0.471. The van der Waals surface area contributed by atoms with E-state index in [4.69, 9.17) is 18.9 Å². The maximum atomic E-state index is 13.7. The Morgan fingerprint density at radius 2 is 1.89 bits per heavy atom. The van der Waals surface area contributed by atoms with Gasteiger partial charge in [0.1, 0.15) is 13.2 Å². The number of aromatic nitrogens is 1. The van der Waals surface area contributed by atoms with Crippen LogP contribution in [0.15, 0.2) is 52.2 Å². The van der Waals surface area contributed by atoms with Gasteiger partial charge in [0.2, 0.25) is 10.0 Å². The summed E-state index contributed by atoms with van der Waals surface area (Å²) in [6, 6.07) is 10.8. The summed E-state index contributed by atoms with van der Waals surface area (Å²) >= 11 is 0. The lowest BCUT2D eigenvalue weighted by molar-refractivity contribution is 0.0600. The molecular formula is C25H26N2O8S. The van der Waals surface area contributed by atoms with Crippen LogP contribution in [0.1, 0.15) is 28.8 Å². The van der Waals surface area contributed by atoms with E-state index in [1.165, 1.54) is 35.7 Å². The molecule has 3 heterocycles. The number of H-pyrrole nitrogens is 1. The summed E-state index contributed by atoms with van der Waals surface area (Å²) in [6.07, 6.45) is 1.26. The molecule has 36 heavy (non-hydrogen) atoms. The van der Waals surface area contributed by atoms with E-state index < -0.39 is 21.6 Å². The van der Waals surface area contributed by atoms with Crippen LogP contribution in [0.2, 0.25) is 0 Å². The molecule has 0 bridgehead atoms. The summed E-state index contributed by atoms with van der Waals surface area (Å²) in [6.45, 7) is 1.30. The third kappa shape index (κ3) is 4.81. The van der Waals surface area contributed by atoms with Crippen LogP contribution >= 0.6 is 0 Å². The second kappa shape index (κ2) is 9.92. The quantitative estimate of drug-likeness (QED) is 0.477. The van der Waals surface area contributed by atoms with Crippen LogP contribution in [-0.4, -0.2) is 63.3 Å². The fourth-order valence-electron chi connectivity index (χ4n) is 4.41. The van der Waals surface area contributed by atoms with Crippen molar-refractivity contribution in [2.45, 2.75) is 30.4 Å². The van der Waals surface area contributed by atoms with E-state index in [1.54, 1.807) is 18.2 Å². The first kappa shape index (κ1) is 24.3. The molecule has 1 atom stereocenters. The summed E-state index contributed by atoms with van der Waals surface area (Å²) < 4.78 is 50.3. The first-order valence-corrected chi connectivity index (χ1v) is 13.0. The number of methoxy groups -OCH3 is 1. The maximum Gasteiger partial charge on any atom is 0.337 e. The van der Waals surface area contributed by atoms with Gasteiger partial charge in [-0.3, -0.25) is 4.79 Å². The van der Waals surface area contributed by atoms with Crippen LogP contribution < -0.4 is 15.0 Å². The van der Waals surface area contributed by atoms with Gasteiger partial charge in [-0.15, -0.1) is 0 Å². The molecule has 1 fully saturated rings. The Bertz CT molecular complexity index is 1460. The van der Waals surface area contributed by atoms with E-state index >= 15 is 0 Å². The Hall–Kier alpha value is -3.41. The van der Waals surface area contributed by atoms with Gasteiger partial charge in [0.25, 0.3) is 5.56 Å². The summed E-state index contributed by atoms with van der Waals surface area (Å²) in [4.78, 5) is 27.7. The molecule has 190 valence electrons. The van der Waals surface area contributed by atoms with Crippen molar-refractivity contribution in [3.63, 3.8) is 0 Å². The van der Waals surface area contributed by atoms with E-state index in [-0.39, 0.29) is 35.2 Å². The second-order valence-corrected chi connectivity index (χ2v) is 10.6. The van der Waals surface area contributed by atoms with Crippen LogP contribution in [0.4, 0.5) is 0 Å². The number of nitrogens with one attached hydrogen (secondary N) is 1. The first-order valence-electron chi connectivity index (χ1n) is 11.6. The Kier molecular flexibility index (Phi) is 6.69. The highest BCUT2D eigenvalue weighted by molar-refractivity contribution is 7.89. The SMILES string of the molecule is COC(=O)c1cccc(S(=O)(=O)N(Cc2cc3cc4c(cc3[nH]c2=O)OCCO4)CC2CCCO2)c1. The standard InChI is InChI=1S/C25H26N2O8S/c1-32-25(29)16-4-2-6-20(11-16)36(30,31)27(15-19-5-3-7-33-19)14-18-10-17-12-22-23(35-9-8-34-22)13-21(17)26-24(18)28/h2,4,6,10-13,19H,3,5,7-9,14-15H2,1H3,(H,26,28). The van der Waals surface area contributed by atoms with Crippen molar-refractivity contribution in [3.05, 3.63) is 63.9 Å². The van der Waals surface area contributed by atoms with Crippen molar-refractivity contribution < 1.29 is 32.2 Å². The molecule has 10 nitrogen and oxygen atoms in total. The number of hydrogen-bond acceptors (Lipinski definition) is 8. The number of nitrogens with zero attached hydrogens (tertiary/aromatic N) is 1. The van der Waals surface area contributed by atoms with Gasteiger partial charge in [0, 0.05) is 36.7 Å². The van der Waals surface area contributed by atoms with Crippen molar-refractivity contribution in [2.24, 2.45) is 0 Å². The first-order chi connectivity index (χ1) is 17.3. The Labute approximate surface area is 207 Å². The Morgan fingerprint density at radius 1 is 1.11 bits per heavy atom. The van der Waals surface area contributed by atoms with Crippen molar-refractivity contribution in [2.75, 3.05) is 33.5 Å². The number of aromatic amines is 1. The molecule has 1 aromatic heterocycles. The number of hydrogen-bond donors (Lipinski definition) is 1. The number of carbonyl (C=O) groups excluding carboxylic acids is 1. The zero-order valence-corrected chi connectivity index (χ0v) is 20.5. The minimum Gasteiger partial charge on any atom is -0.486 e. The molecule has 0 spiro atoms. The summed E-state index contributed by atoms with van der Waals surface area (Å²) in [5.41, 5.74) is 0.540. The fraction of sp³-hybridized carbons (Fsp3) is 0.360. The van der Waals surface area contributed by atoms with Crippen LogP contribution in [0.25, 0.3) is 10.9 Å². The van der Waals surface area contributed by atoms with Gasteiger partial charge < -0.3 is 23.9 Å². The molecule has 1 N–H and O–H groups in total. The average Bonchev–Trinajstić information content (AvgIpc) is 3.40. The Balaban J connectivity index is 1.52. The maximum absolute atomic E-state index is 13.7. The number of sulfonamides is 1. The molecule has 0 aliphatic carbocycles. The summed E-state index contributed by atoms with van der Waals surface area (Å²) in [5, 5.41) is 0.691. The van der Waals surface area contributed by atoms with Gasteiger partial charge in [-0.1, -0.05) is 6.07 Å². The van der Waals surface area contributed by atoms with Gasteiger partial charge in [-0.25, -0.2) is 13.2 Å². The van der Waals surface area contributed by atoms with E-state index in [0.717, 1.165) is 6.42 Å². The number of pyridine rings is 1. The predicted octanol–water partition coefficient (Wildman–Crippen LogP) is 2.46. The van der Waals surface area contributed by atoms with E-state index in [1.807, 2.05) is 0 Å². The number of carbonyl (C=O) groups is 1. The minimum absolute atomic E-state index is 0.0692. The molecule has 2 aliphatic heterocycles. The average molecular weight is 515 g/mol. The smallest absolute Gasteiger partial charge is 0.337 e. The molecule has 5 rings (SSSR count). The fourth-order valence-corrected chi connectivity index (χ4v) is 5.91. The van der Waals surface area contributed by atoms with Crippen LogP contribution in [-0.2, 0) is 26.0 Å². The normalized spacial score (nSPS) is 17.4. The monoisotopic (exact) mass is 514 g/mol. The molecule has 2 aliphatic rings. The highest BCUT2D eigenvalue weighted by Gasteiger charge is 2.30. The van der Waals surface area contributed by atoms with Crippen molar-refractivity contribution in [1.29, 1.82) is 0 Å². The minimum atomic E-state index is -4.09. The second-order valence-electron chi connectivity index (χ2n) is 8.66. The molecule has 0 saturated carbocycles. The van der Waals surface area contributed by atoms with E-state index in [9.17, 15) is 18.0 Å². The van der Waals surface area contributed by atoms with Gasteiger partial charge in [-0.2, -0.15) is 4.31 Å². The topological polar surface area (TPSA) is 124 Å². The number of benzene rings is 2. The predicted molar refractivity (Wildman–Crippen MR) is 130 cm³/mol. The van der Waals surface area contributed by atoms with Crippen molar-refractivity contribution >= 4 is 26.9 Å². The number of fused-ring (bicyclic) bond motifs is 2. The molecular weight excluding hydrogens is 488 g/mol. The van der Waals surface area contributed by atoms with Crippen molar-refractivity contribution in [3.8, 4) is 11.5 Å². The number of ether oxygens (including phenoxy) is 4. The molecule has 11 heteroatoms. The van der Waals surface area contributed by atoms with Crippen molar-refractivity contribution in [1.82, 2.24) is 9.29 Å². The molecule has 0 amide bonds.